The van der Waals surface area contributed by atoms with E-state index in [1.807, 2.05) is 24.9 Å². The van der Waals surface area contributed by atoms with Gasteiger partial charge in [-0.1, -0.05) is 13.8 Å². The standard InChI is InChI=1S/C16H20N4OS/c1-9(2)5-14-17-6-12-7-20(8-13(12)19-14)16(21)15-10(3)18-11(4)22-15/h6,9H,5,7-8H2,1-4H3. The summed E-state index contributed by atoms with van der Waals surface area (Å²) in [5.74, 6) is 1.44. The normalized spacial score (nSPS) is 13.8. The first kappa shape index (κ1) is 15.1. The van der Waals surface area contributed by atoms with Crippen LogP contribution in [0.2, 0.25) is 0 Å². The highest BCUT2D eigenvalue weighted by Crippen LogP contribution is 2.26. The van der Waals surface area contributed by atoms with E-state index in [2.05, 4.69) is 28.8 Å². The van der Waals surface area contributed by atoms with Crippen LogP contribution in [0.4, 0.5) is 0 Å². The zero-order valence-electron chi connectivity index (χ0n) is 13.4. The van der Waals surface area contributed by atoms with E-state index >= 15 is 0 Å². The molecule has 0 saturated carbocycles. The Morgan fingerprint density at radius 3 is 2.73 bits per heavy atom. The van der Waals surface area contributed by atoms with Gasteiger partial charge in [-0.2, -0.15) is 0 Å². The lowest BCUT2D eigenvalue weighted by Crippen LogP contribution is -2.25. The van der Waals surface area contributed by atoms with Crippen LogP contribution in [-0.4, -0.2) is 25.8 Å². The minimum atomic E-state index is 0.0477. The summed E-state index contributed by atoms with van der Waals surface area (Å²) in [5.41, 5.74) is 2.85. The SMILES string of the molecule is Cc1nc(C)c(C(=O)N2Cc3cnc(CC(C)C)nc3C2)s1. The van der Waals surface area contributed by atoms with Crippen molar-refractivity contribution in [3.05, 3.63) is 38.9 Å². The number of nitrogens with zero attached hydrogens (tertiary/aromatic N) is 4. The molecule has 5 nitrogen and oxygen atoms in total. The highest BCUT2D eigenvalue weighted by Gasteiger charge is 2.28. The van der Waals surface area contributed by atoms with E-state index in [1.54, 1.807) is 0 Å². The van der Waals surface area contributed by atoms with Crippen molar-refractivity contribution in [1.29, 1.82) is 0 Å². The average Bonchev–Trinajstić information content (AvgIpc) is 3.00. The fourth-order valence-corrected chi connectivity index (χ4v) is 3.56. The second-order valence-corrected chi connectivity index (χ2v) is 7.37. The molecule has 1 amide bonds. The second kappa shape index (κ2) is 5.76. The lowest BCUT2D eigenvalue weighted by atomic mass is 10.1. The Morgan fingerprint density at radius 2 is 2.09 bits per heavy atom. The Balaban J connectivity index is 1.79. The summed E-state index contributed by atoms with van der Waals surface area (Å²) in [7, 11) is 0. The van der Waals surface area contributed by atoms with Crippen molar-refractivity contribution < 1.29 is 4.79 Å². The summed E-state index contributed by atoms with van der Waals surface area (Å²) in [5, 5.41) is 0.927. The molecule has 0 aliphatic carbocycles. The average molecular weight is 316 g/mol. The minimum Gasteiger partial charge on any atom is -0.328 e. The molecule has 0 saturated heterocycles. The van der Waals surface area contributed by atoms with Crippen LogP contribution in [0, 0.1) is 19.8 Å². The van der Waals surface area contributed by atoms with E-state index in [0.717, 1.165) is 39.1 Å². The van der Waals surface area contributed by atoms with Crippen LogP contribution in [0.5, 0.6) is 0 Å². The van der Waals surface area contributed by atoms with Crippen LogP contribution in [0.15, 0.2) is 6.20 Å². The molecular weight excluding hydrogens is 296 g/mol. The molecule has 0 spiro atoms. The summed E-state index contributed by atoms with van der Waals surface area (Å²) in [4.78, 5) is 28.6. The van der Waals surface area contributed by atoms with Gasteiger partial charge in [0, 0.05) is 24.7 Å². The molecule has 1 aliphatic rings. The molecule has 0 unspecified atom stereocenters. The Labute approximate surface area is 134 Å². The Kier molecular flexibility index (Phi) is 3.95. The maximum Gasteiger partial charge on any atom is 0.266 e. The number of rotatable bonds is 3. The minimum absolute atomic E-state index is 0.0477. The van der Waals surface area contributed by atoms with E-state index in [-0.39, 0.29) is 5.91 Å². The van der Waals surface area contributed by atoms with Gasteiger partial charge in [0.2, 0.25) is 0 Å². The zero-order valence-corrected chi connectivity index (χ0v) is 14.2. The lowest BCUT2D eigenvalue weighted by molar-refractivity contribution is 0.0754. The van der Waals surface area contributed by atoms with Gasteiger partial charge in [0.25, 0.3) is 5.91 Å². The Hall–Kier alpha value is -1.82. The number of thiazole rings is 1. The van der Waals surface area contributed by atoms with Crippen molar-refractivity contribution in [3.63, 3.8) is 0 Å². The quantitative estimate of drug-likeness (QED) is 0.873. The molecule has 0 atom stereocenters. The lowest BCUT2D eigenvalue weighted by Gasteiger charge is -2.13. The van der Waals surface area contributed by atoms with Gasteiger partial charge in [0.1, 0.15) is 10.7 Å². The number of fused-ring (bicyclic) bond motifs is 1. The molecular formula is C16H20N4OS. The first-order chi connectivity index (χ1) is 10.4. The first-order valence-electron chi connectivity index (χ1n) is 7.51. The predicted molar refractivity (Wildman–Crippen MR) is 85.7 cm³/mol. The molecule has 1 aliphatic heterocycles. The second-order valence-electron chi connectivity index (χ2n) is 6.16. The number of aromatic nitrogens is 3. The van der Waals surface area contributed by atoms with Crippen molar-refractivity contribution in [3.8, 4) is 0 Å². The van der Waals surface area contributed by atoms with Gasteiger partial charge in [0.05, 0.1) is 22.9 Å². The van der Waals surface area contributed by atoms with Gasteiger partial charge in [0.15, 0.2) is 0 Å². The van der Waals surface area contributed by atoms with Gasteiger partial charge in [-0.05, 0) is 19.8 Å². The summed E-state index contributed by atoms with van der Waals surface area (Å²) in [6, 6.07) is 0. The highest BCUT2D eigenvalue weighted by atomic mass is 32.1. The third-order valence-corrected chi connectivity index (χ3v) is 4.74. The molecule has 0 radical (unpaired) electrons. The number of aryl methyl sites for hydroxylation is 2. The maximum atomic E-state index is 12.7. The third kappa shape index (κ3) is 2.88. The fraction of sp³-hybridized carbons (Fsp3) is 0.500. The van der Waals surface area contributed by atoms with Crippen molar-refractivity contribution in [2.75, 3.05) is 0 Å². The molecule has 3 rings (SSSR count). The van der Waals surface area contributed by atoms with Crippen molar-refractivity contribution >= 4 is 17.2 Å². The molecule has 0 fully saturated rings. The van der Waals surface area contributed by atoms with Crippen LogP contribution in [0.25, 0.3) is 0 Å². The van der Waals surface area contributed by atoms with E-state index in [4.69, 9.17) is 0 Å². The molecule has 116 valence electrons. The number of amides is 1. The molecule has 6 heteroatoms. The Morgan fingerprint density at radius 1 is 1.32 bits per heavy atom. The molecule has 22 heavy (non-hydrogen) atoms. The Bertz CT molecular complexity index is 723. The van der Waals surface area contributed by atoms with Crippen LogP contribution in [0.1, 0.15) is 51.3 Å². The largest absolute Gasteiger partial charge is 0.328 e. The highest BCUT2D eigenvalue weighted by molar-refractivity contribution is 7.13. The van der Waals surface area contributed by atoms with Crippen molar-refractivity contribution in [2.24, 2.45) is 5.92 Å². The zero-order chi connectivity index (χ0) is 15.9. The van der Waals surface area contributed by atoms with Crippen LogP contribution >= 0.6 is 11.3 Å². The summed E-state index contributed by atoms with van der Waals surface area (Å²) < 4.78 is 0. The van der Waals surface area contributed by atoms with E-state index < -0.39 is 0 Å². The topological polar surface area (TPSA) is 59.0 Å². The third-order valence-electron chi connectivity index (χ3n) is 3.68. The van der Waals surface area contributed by atoms with Crippen LogP contribution in [0.3, 0.4) is 0 Å². The van der Waals surface area contributed by atoms with Gasteiger partial charge in [-0.3, -0.25) is 4.79 Å². The predicted octanol–water partition coefficient (Wildman–Crippen LogP) is 2.90. The monoisotopic (exact) mass is 316 g/mol. The van der Waals surface area contributed by atoms with E-state index in [1.165, 1.54) is 11.3 Å². The number of carbonyl (C=O) groups is 1. The van der Waals surface area contributed by atoms with E-state index in [9.17, 15) is 4.79 Å². The summed E-state index contributed by atoms with van der Waals surface area (Å²) >= 11 is 1.46. The summed E-state index contributed by atoms with van der Waals surface area (Å²) in [6.07, 6.45) is 2.74. The smallest absolute Gasteiger partial charge is 0.266 e. The molecule has 2 aromatic heterocycles. The fourth-order valence-electron chi connectivity index (χ4n) is 2.68. The summed E-state index contributed by atoms with van der Waals surface area (Å²) in [6.45, 7) is 9.28. The number of carbonyl (C=O) groups excluding carboxylic acids is 1. The van der Waals surface area contributed by atoms with Crippen molar-refractivity contribution in [2.45, 2.75) is 47.2 Å². The molecule has 0 aromatic carbocycles. The molecule has 0 N–H and O–H groups in total. The van der Waals surface area contributed by atoms with Gasteiger partial charge in [-0.15, -0.1) is 11.3 Å². The van der Waals surface area contributed by atoms with E-state index in [0.29, 0.717) is 19.0 Å². The molecule has 3 heterocycles. The van der Waals surface area contributed by atoms with Crippen LogP contribution < -0.4 is 0 Å². The maximum absolute atomic E-state index is 12.7. The van der Waals surface area contributed by atoms with Crippen LogP contribution in [-0.2, 0) is 19.5 Å². The van der Waals surface area contributed by atoms with Gasteiger partial charge >= 0.3 is 0 Å². The first-order valence-corrected chi connectivity index (χ1v) is 8.32. The van der Waals surface area contributed by atoms with Gasteiger partial charge < -0.3 is 4.90 Å². The molecule has 2 aromatic rings. The number of hydrogen-bond donors (Lipinski definition) is 0. The molecule has 0 bridgehead atoms. The number of hydrogen-bond acceptors (Lipinski definition) is 5. The van der Waals surface area contributed by atoms with Gasteiger partial charge in [-0.25, -0.2) is 15.0 Å². The van der Waals surface area contributed by atoms with Crippen molar-refractivity contribution in [1.82, 2.24) is 19.9 Å².